The van der Waals surface area contributed by atoms with Gasteiger partial charge in [-0.25, -0.2) is 0 Å². The average Bonchev–Trinajstić information content (AvgIpc) is 3.56. The number of fused-ring (bicyclic) bond motifs is 1. The first-order chi connectivity index (χ1) is 16.0. The Bertz CT molecular complexity index is 1510. The van der Waals surface area contributed by atoms with Gasteiger partial charge in [-0.05, 0) is 73.0 Å². The maximum atomic E-state index is 4.64. The van der Waals surface area contributed by atoms with E-state index in [9.17, 15) is 0 Å². The molecule has 0 saturated carbocycles. The van der Waals surface area contributed by atoms with Crippen molar-refractivity contribution in [1.82, 2.24) is 20.2 Å². The van der Waals surface area contributed by atoms with Crippen LogP contribution in [0.2, 0.25) is 0 Å². The number of nitrogens with zero attached hydrogens (tertiary/aromatic N) is 2. The molecule has 162 valence electrons. The molecule has 0 bridgehead atoms. The van der Waals surface area contributed by atoms with Gasteiger partial charge in [-0.1, -0.05) is 31.4 Å². The lowest BCUT2D eigenvalue weighted by molar-refractivity contribution is 1.11. The van der Waals surface area contributed by atoms with Crippen LogP contribution in [0.4, 0.5) is 0 Å². The Morgan fingerprint density at radius 3 is 2.52 bits per heavy atom. The second kappa shape index (κ2) is 8.52. The van der Waals surface area contributed by atoms with Gasteiger partial charge < -0.3 is 4.98 Å². The number of nitrogens with one attached hydrogen (secondary N) is 2. The molecule has 0 amide bonds. The van der Waals surface area contributed by atoms with Crippen molar-refractivity contribution in [3.05, 3.63) is 107 Å². The summed E-state index contributed by atoms with van der Waals surface area (Å²) < 4.78 is 0. The highest BCUT2D eigenvalue weighted by atomic mass is 32.1. The first-order valence-electron chi connectivity index (χ1n) is 10.7. The molecule has 0 aliphatic heterocycles. The third kappa shape index (κ3) is 3.88. The summed E-state index contributed by atoms with van der Waals surface area (Å²) in [6.45, 7) is 12.2. The van der Waals surface area contributed by atoms with Crippen molar-refractivity contribution >= 4 is 33.4 Å². The van der Waals surface area contributed by atoms with Crippen LogP contribution >= 0.6 is 11.3 Å². The maximum Gasteiger partial charge on any atom is 0.116 e. The zero-order valence-corrected chi connectivity index (χ0v) is 19.5. The Balaban J connectivity index is 1.59. The number of thiophene rings is 1. The second-order valence-electron chi connectivity index (χ2n) is 8.05. The molecule has 0 radical (unpaired) electrons. The maximum absolute atomic E-state index is 4.64. The highest BCUT2D eigenvalue weighted by molar-refractivity contribution is 7.14. The molecule has 0 saturated heterocycles. The number of benzene rings is 1. The molecular weight excluding hydrogens is 424 g/mol. The topological polar surface area (TPSA) is 57.4 Å². The standard InChI is InChI=1S/C28H24N4S/c1-5-6-21(27-10-9-26(33-27)17(2)3)22-16-25(30-18(22)4)28-23-15-20(7-8-24(23)31-32-28)19-11-13-29-14-12-19/h5-16,30H,1-2H2,3-4H3,(H,31,32)/b21-6+. The van der Waals surface area contributed by atoms with E-state index in [1.807, 2.05) is 37.5 Å². The molecule has 0 unspecified atom stereocenters. The first kappa shape index (κ1) is 20.9. The van der Waals surface area contributed by atoms with Crippen molar-refractivity contribution in [2.75, 3.05) is 0 Å². The molecule has 0 aliphatic rings. The van der Waals surface area contributed by atoms with Crippen molar-refractivity contribution in [3.8, 4) is 22.5 Å². The van der Waals surface area contributed by atoms with Crippen molar-refractivity contribution in [2.45, 2.75) is 13.8 Å². The smallest absolute Gasteiger partial charge is 0.116 e. The van der Waals surface area contributed by atoms with Crippen molar-refractivity contribution in [1.29, 1.82) is 0 Å². The SMILES string of the molecule is C=C/C=C(/c1ccc(C(=C)C)s1)c1cc(-c2n[nH]c3ccc(-c4ccncc4)cc23)[nH]c1C. The molecule has 0 fully saturated rings. The van der Waals surface area contributed by atoms with Crippen LogP contribution in [0.25, 0.3) is 44.6 Å². The van der Waals surface area contributed by atoms with E-state index in [1.165, 1.54) is 9.75 Å². The molecule has 4 heterocycles. The molecule has 0 aliphatic carbocycles. The summed E-state index contributed by atoms with van der Waals surface area (Å²) in [5.74, 6) is 0. The van der Waals surface area contributed by atoms with Crippen molar-refractivity contribution < 1.29 is 0 Å². The largest absolute Gasteiger partial charge is 0.357 e. The molecule has 0 atom stereocenters. The van der Waals surface area contributed by atoms with Crippen LogP contribution in [0, 0.1) is 6.92 Å². The van der Waals surface area contributed by atoms with Gasteiger partial charge in [0, 0.05) is 44.4 Å². The number of hydrogen-bond donors (Lipinski definition) is 2. The molecule has 4 nitrogen and oxygen atoms in total. The molecule has 5 heteroatoms. The summed E-state index contributed by atoms with van der Waals surface area (Å²) in [5.41, 5.74) is 9.59. The summed E-state index contributed by atoms with van der Waals surface area (Å²) >= 11 is 1.75. The van der Waals surface area contributed by atoms with Gasteiger partial charge in [-0.3, -0.25) is 10.1 Å². The van der Waals surface area contributed by atoms with E-state index in [-0.39, 0.29) is 0 Å². The Morgan fingerprint density at radius 2 is 1.79 bits per heavy atom. The number of pyridine rings is 1. The second-order valence-corrected chi connectivity index (χ2v) is 9.13. The Labute approximate surface area is 197 Å². The zero-order valence-electron chi connectivity index (χ0n) is 18.6. The summed E-state index contributed by atoms with van der Waals surface area (Å²) in [6.07, 6.45) is 7.53. The van der Waals surface area contributed by atoms with Crippen molar-refractivity contribution in [2.24, 2.45) is 0 Å². The van der Waals surface area contributed by atoms with Crippen LogP contribution in [-0.4, -0.2) is 20.2 Å². The number of rotatable bonds is 6. The predicted octanol–water partition coefficient (Wildman–Crippen LogP) is 7.64. The van der Waals surface area contributed by atoms with Crippen LogP contribution in [-0.2, 0) is 0 Å². The molecule has 5 rings (SSSR count). The molecule has 1 aromatic carbocycles. The minimum atomic E-state index is 0.905. The summed E-state index contributed by atoms with van der Waals surface area (Å²) in [5, 5.41) is 8.89. The zero-order chi connectivity index (χ0) is 22.9. The lowest BCUT2D eigenvalue weighted by Gasteiger charge is -2.04. The van der Waals surface area contributed by atoms with E-state index in [4.69, 9.17) is 0 Å². The Morgan fingerprint density at radius 1 is 1.00 bits per heavy atom. The third-order valence-electron chi connectivity index (χ3n) is 5.71. The van der Waals surface area contributed by atoms with Gasteiger partial charge >= 0.3 is 0 Å². The number of allylic oxidation sites excluding steroid dienone is 3. The van der Waals surface area contributed by atoms with E-state index in [0.717, 1.165) is 55.8 Å². The average molecular weight is 449 g/mol. The fourth-order valence-electron chi connectivity index (χ4n) is 4.04. The fourth-order valence-corrected chi connectivity index (χ4v) is 5.01. The van der Waals surface area contributed by atoms with Gasteiger partial charge in [-0.2, -0.15) is 5.10 Å². The van der Waals surface area contributed by atoms with E-state index >= 15 is 0 Å². The van der Waals surface area contributed by atoms with Crippen LogP contribution in [0.3, 0.4) is 0 Å². The van der Waals surface area contributed by atoms with E-state index < -0.39 is 0 Å². The summed E-state index contributed by atoms with van der Waals surface area (Å²) in [7, 11) is 0. The summed E-state index contributed by atoms with van der Waals surface area (Å²) in [6, 6.07) is 16.9. The normalized spacial score (nSPS) is 11.8. The lowest BCUT2D eigenvalue weighted by Crippen LogP contribution is -1.85. The minimum absolute atomic E-state index is 0.905. The van der Waals surface area contributed by atoms with Crippen LogP contribution in [0.5, 0.6) is 0 Å². The molecule has 33 heavy (non-hydrogen) atoms. The van der Waals surface area contributed by atoms with Crippen LogP contribution in [0.1, 0.15) is 27.9 Å². The number of aromatic amines is 2. The highest BCUT2D eigenvalue weighted by Gasteiger charge is 2.17. The van der Waals surface area contributed by atoms with Gasteiger partial charge in [0.2, 0.25) is 0 Å². The summed E-state index contributed by atoms with van der Waals surface area (Å²) in [4.78, 5) is 10.1. The van der Waals surface area contributed by atoms with Crippen LogP contribution in [0.15, 0.2) is 86.2 Å². The van der Waals surface area contributed by atoms with Crippen molar-refractivity contribution in [3.63, 3.8) is 0 Å². The number of hydrogen-bond acceptors (Lipinski definition) is 3. The lowest BCUT2D eigenvalue weighted by atomic mass is 10.0. The highest BCUT2D eigenvalue weighted by Crippen LogP contribution is 2.37. The molecule has 5 aromatic rings. The van der Waals surface area contributed by atoms with Gasteiger partial charge in [0.15, 0.2) is 0 Å². The monoisotopic (exact) mass is 448 g/mol. The van der Waals surface area contributed by atoms with Gasteiger partial charge in [0.25, 0.3) is 0 Å². The molecule has 4 aromatic heterocycles. The van der Waals surface area contributed by atoms with E-state index in [0.29, 0.717) is 0 Å². The first-order valence-corrected chi connectivity index (χ1v) is 11.5. The third-order valence-corrected chi connectivity index (χ3v) is 6.99. The number of aryl methyl sites for hydroxylation is 1. The number of aromatic nitrogens is 4. The number of H-pyrrole nitrogens is 2. The van der Waals surface area contributed by atoms with E-state index in [2.05, 4.69) is 82.7 Å². The Kier molecular flexibility index (Phi) is 5.40. The molecule has 2 N–H and O–H groups in total. The fraction of sp³-hybridized carbons (Fsp3) is 0.0714. The van der Waals surface area contributed by atoms with Crippen LogP contribution < -0.4 is 0 Å². The van der Waals surface area contributed by atoms with E-state index in [1.54, 1.807) is 11.3 Å². The minimum Gasteiger partial charge on any atom is -0.357 e. The molecule has 0 spiro atoms. The van der Waals surface area contributed by atoms with Gasteiger partial charge in [-0.15, -0.1) is 11.3 Å². The quantitative estimate of drug-likeness (QED) is 0.262. The predicted molar refractivity (Wildman–Crippen MR) is 140 cm³/mol. The van der Waals surface area contributed by atoms with Gasteiger partial charge in [0.05, 0.1) is 11.2 Å². The Hall–Kier alpha value is -3.96. The van der Waals surface area contributed by atoms with Gasteiger partial charge in [0.1, 0.15) is 5.69 Å². The molecular formula is C28H24N4S.